The van der Waals surface area contributed by atoms with Gasteiger partial charge in [0.1, 0.15) is 17.8 Å². The molecule has 1 aromatic carbocycles. The summed E-state index contributed by atoms with van der Waals surface area (Å²) in [6, 6.07) is 7.82. The van der Waals surface area contributed by atoms with Crippen molar-refractivity contribution in [2.45, 2.75) is 31.8 Å². The van der Waals surface area contributed by atoms with E-state index in [9.17, 15) is 9.18 Å². The van der Waals surface area contributed by atoms with Crippen LogP contribution in [-0.4, -0.2) is 20.4 Å². The van der Waals surface area contributed by atoms with Gasteiger partial charge in [-0.25, -0.2) is 25.2 Å². The second-order valence-electron chi connectivity index (χ2n) is 7.27. The zero-order chi connectivity index (χ0) is 21.3. The van der Waals surface area contributed by atoms with Crippen LogP contribution in [0.25, 0.3) is 5.69 Å². The summed E-state index contributed by atoms with van der Waals surface area (Å²) >= 11 is 0. The van der Waals surface area contributed by atoms with Crippen LogP contribution < -0.4 is 27.9 Å². The molecule has 4 rings (SSSR count). The molecule has 3 aromatic rings. The van der Waals surface area contributed by atoms with E-state index in [1.54, 1.807) is 31.5 Å². The Hall–Kier alpha value is -3.18. The van der Waals surface area contributed by atoms with E-state index in [1.807, 2.05) is 10.8 Å². The van der Waals surface area contributed by atoms with Crippen LogP contribution in [0.15, 0.2) is 42.9 Å². The number of nitrogens with two attached hydrogens (primary N) is 2. The Morgan fingerprint density at radius 3 is 2.73 bits per heavy atom. The molecule has 1 aliphatic rings. The molecule has 0 saturated heterocycles. The van der Waals surface area contributed by atoms with Gasteiger partial charge >= 0.3 is 0 Å². The van der Waals surface area contributed by atoms with Crippen molar-refractivity contribution in [3.63, 3.8) is 0 Å². The standard InChI is InChI=1S/C20H23FN8O/c1-11-7-14(21)13(8-17(11)29-9-16(24-10-29)12-5-6-12)20(30)26-18-4-2-3-15(25-18)19(27-22)28-23/h2-4,7-10,12,19,27-28H,5-6,22-23H2,1H3,(H,25,26,30). The number of anilines is 1. The molecule has 156 valence electrons. The molecule has 0 radical (unpaired) electrons. The lowest BCUT2D eigenvalue weighted by Crippen LogP contribution is -2.42. The average molecular weight is 410 g/mol. The molecular weight excluding hydrogens is 387 g/mol. The first kappa shape index (κ1) is 20.1. The molecule has 30 heavy (non-hydrogen) atoms. The van der Waals surface area contributed by atoms with Crippen LogP contribution in [0.5, 0.6) is 0 Å². The van der Waals surface area contributed by atoms with Crippen LogP contribution in [0.2, 0.25) is 0 Å². The van der Waals surface area contributed by atoms with Crippen molar-refractivity contribution in [3.05, 3.63) is 71.2 Å². The minimum Gasteiger partial charge on any atom is -0.306 e. The number of rotatable bonds is 7. The average Bonchev–Trinajstić information content (AvgIpc) is 3.47. The summed E-state index contributed by atoms with van der Waals surface area (Å²) in [6.07, 6.45) is 5.30. The minimum absolute atomic E-state index is 0.0880. The molecule has 0 spiro atoms. The van der Waals surface area contributed by atoms with Gasteiger partial charge in [0.25, 0.3) is 5.91 Å². The highest BCUT2D eigenvalue weighted by molar-refractivity contribution is 6.04. The zero-order valence-electron chi connectivity index (χ0n) is 16.4. The molecule has 10 heteroatoms. The summed E-state index contributed by atoms with van der Waals surface area (Å²) in [5.41, 5.74) is 7.71. The number of pyridine rings is 1. The smallest absolute Gasteiger partial charge is 0.259 e. The number of halogens is 1. The predicted molar refractivity (Wildman–Crippen MR) is 110 cm³/mol. The lowest BCUT2D eigenvalue weighted by molar-refractivity contribution is 0.102. The Morgan fingerprint density at radius 1 is 1.27 bits per heavy atom. The van der Waals surface area contributed by atoms with Gasteiger partial charge < -0.3 is 9.88 Å². The van der Waals surface area contributed by atoms with Crippen LogP contribution in [0, 0.1) is 12.7 Å². The Morgan fingerprint density at radius 2 is 2.03 bits per heavy atom. The van der Waals surface area contributed by atoms with E-state index >= 15 is 0 Å². The van der Waals surface area contributed by atoms with Crippen molar-refractivity contribution in [2.24, 2.45) is 11.7 Å². The van der Waals surface area contributed by atoms with Crippen molar-refractivity contribution in [1.29, 1.82) is 0 Å². The van der Waals surface area contributed by atoms with Crippen LogP contribution >= 0.6 is 0 Å². The van der Waals surface area contributed by atoms with E-state index in [2.05, 4.69) is 26.1 Å². The largest absolute Gasteiger partial charge is 0.306 e. The van der Waals surface area contributed by atoms with Gasteiger partial charge in [-0.3, -0.25) is 16.5 Å². The van der Waals surface area contributed by atoms with E-state index in [4.69, 9.17) is 11.7 Å². The first-order valence-corrected chi connectivity index (χ1v) is 9.55. The number of aryl methyl sites for hydroxylation is 1. The maximum atomic E-state index is 14.6. The molecular formula is C20H23FN8O. The monoisotopic (exact) mass is 410 g/mol. The molecule has 9 nitrogen and oxygen atoms in total. The maximum absolute atomic E-state index is 14.6. The number of hydrogen-bond donors (Lipinski definition) is 5. The number of aromatic nitrogens is 3. The molecule has 2 aromatic heterocycles. The number of nitrogens with zero attached hydrogens (tertiary/aromatic N) is 3. The van der Waals surface area contributed by atoms with Crippen molar-refractivity contribution < 1.29 is 9.18 Å². The molecule has 0 atom stereocenters. The third-order valence-electron chi connectivity index (χ3n) is 5.05. The number of nitrogens with one attached hydrogen (secondary N) is 3. The van der Waals surface area contributed by atoms with E-state index in [0.29, 0.717) is 22.9 Å². The van der Waals surface area contributed by atoms with Crippen molar-refractivity contribution in [3.8, 4) is 5.69 Å². The van der Waals surface area contributed by atoms with Gasteiger partial charge in [-0.15, -0.1) is 0 Å². The van der Waals surface area contributed by atoms with Crippen molar-refractivity contribution >= 4 is 11.7 Å². The number of hydrazine groups is 2. The SMILES string of the molecule is Cc1cc(F)c(C(=O)Nc2cccc(C(NN)NN)n2)cc1-n1cnc(C2CC2)c1. The molecule has 1 amide bonds. The summed E-state index contributed by atoms with van der Waals surface area (Å²) in [4.78, 5) is 21.5. The number of imidazole rings is 1. The first-order valence-electron chi connectivity index (χ1n) is 9.55. The number of hydrogen-bond acceptors (Lipinski definition) is 7. The van der Waals surface area contributed by atoms with E-state index in [0.717, 1.165) is 18.5 Å². The lowest BCUT2D eigenvalue weighted by atomic mass is 10.1. The highest BCUT2D eigenvalue weighted by Crippen LogP contribution is 2.39. The Kier molecular flexibility index (Phi) is 5.55. The van der Waals surface area contributed by atoms with Crippen LogP contribution in [-0.2, 0) is 0 Å². The first-order chi connectivity index (χ1) is 14.5. The van der Waals surface area contributed by atoms with Crippen molar-refractivity contribution in [2.75, 3.05) is 5.32 Å². The highest BCUT2D eigenvalue weighted by Gasteiger charge is 2.26. The Bertz CT molecular complexity index is 1070. The van der Waals surface area contributed by atoms with Crippen LogP contribution in [0.1, 0.15) is 52.2 Å². The molecule has 0 unspecified atom stereocenters. The van der Waals surface area contributed by atoms with E-state index in [1.165, 1.54) is 12.1 Å². The molecule has 1 saturated carbocycles. The van der Waals surface area contributed by atoms with Crippen LogP contribution in [0.4, 0.5) is 10.2 Å². The second-order valence-corrected chi connectivity index (χ2v) is 7.27. The van der Waals surface area contributed by atoms with Gasteiger partial charge in [-0.1, -0.05) is 6.07 Å². The topological polar surface area (TPSA) is 136 Å². The summed E-state index contributed by atoms with van der Waals surface area (Å²) in [6.45, 7) is 1.79. The van der Waals surface area contributed by atoms with Gasteiger partial charge in [0.05, 0.1) is 29.0 Å². The molecule has 0 aliphatic heterocycles. The normalized spacial score (nSPS) is 13.6. The van der Waals surface area contributed by atoms with Gasteiger partial charge in [0, 0.05) is 12.1 Å². The van der Waals surface area contributed by atoms with E-state index in [-0.39, 0.29) is 11.4 Å². The molecule has 7 N–H and O–H groups in total. The fraction of sp³-hybridized carbons (Fsp3) is 0.250. The van der Waals surface area contributed by atoms with Gasteiger partial charge in [-0.2, -0.15) is 0 Å². The van der Waals surface area contributed by atoms with Crippen LogP contribution in [0.3, 0.4) is 0 Å². The summed E-state index contributed by atoms with van der Waals surface area (Å²) < 4.78 is 16.4. The summed E-state index contributed by atoms with van der Waals surface area (Å²) in [5.74, 6) is 10.3. The Balaban J connectivity index is 1.60. The number of carbonyl (C=O) groups excluding carboxylic acids is 1. The number of amides is 1. The lowest BCUT2D eigenvalue weighted by Gasteiger charge is -2.15. The third-order valence-corrected chi connectivity index (χ3v) is 5.05. The predicted octanol–water partition coefficient (Wildman–Crippen LogP) is 1.77. The second kappa shape index (κ2) is 8.28. The van der Waals surface area contributed by atoms with Gasteiger partial charge in [0.15, 0.2) is 0 Å². The van der Waals surface area contributed by atoms with Gasteiger partial charge in [0.2, 0.25) is 0 Å². The third kappa shape index (κ3) is 4.07. The fourth-order valence-corrected chi connectivity index (χ4v) is 3.26. The minimum atomic E-state index is -0.613. The molecule has 2 heterocycles. The number of carbonyl (C=O) groups is 1. The maximum Gasteiger partial charge on any atom is 0.259 e. The molecule has 1 aliphatic carbocycles. The summed E-state index contributed by atoms with van der Waals surface area (Å²) in [7, 11) is 0. The fourth-order valence-electron chi connectivity index (χ4n) is 3.26. The van der Waals surface area contributed by atoms with Gasteiger partial charge in [-0.05, 0) is 49.6 Å². The zero-order valence-corrected chi connectivity index (χ0v) is 16.4. The highest BCUT2D eigenvalue weighted by atomic mass is 19.1. The molecule has 1 fully saturated rings. The van der Waals surface area contributed by atoms with Crippen molar-refractivity contribution in [1.82, 2.24) is 25.4 Å². The Labute approximate surface area is 172 Å². The number of benzene rings is 1. The molecule has 0 bridgehead atoms. The quantitative estimate of drug-likeness (QED) is 0.227. The summed E-state index contributed by atoms with van der Waals surface area (Å²) in [5, 5.41) is 2.62. The van der Waals surface area contributed by atoms with E-state index < -0.39 is 17.9 Å².